The van der Waals surface area contributed by atoms with Crippen LogP contribution >= 0.6 is 0 Å². The topological polar surface area (TPSA) is 164 Å². The fourth-order valence-corrected chi connectivity index (χ4v) is 1.63. The van der Waals surface area contributed by atoms with Crippen LogP contribution in [-0.4, -0.2) is 33.4 Å². The lowest BCUT2D eigenvalue weighted by Crippen LogP contribution is -2.29. The van der Waals surface area contributed by atoms with Gasteiger partial charge in [-0.1, -0.05) is 0 Å². The van der Waals surface area contributed by atoms with Crippen molar-refractivity contribution in [1.29, 1.82) is 0 Å². The van der Waals surface area contributed by atoms with Crippen LogP contribution in [0.5, 0.6) is 0 Å². The van der Waals surface area contributed by atoms with Crippen molar-refractivity contribution in [3.05, 3.63) is 67.0 Å². The van der Waals surface area contributed by atoms with Gasteiger partial charge in [0.2, 0.25) is 0 Å². The minimum Gasteiger partial charge on any atom is -0.452 e. The third-order valence-electron chi connectivity index (χ3n) is 2.74. The Labute approximate surface area is 132 Å². The molecule has 11 nitrogen and oxygen atoms in total. The normalized spacial score (nSPS) is 10.0. The predicted molar refractivity (Wildman–Crippen MR) is 79.7 cm³/mol. The minimum absolute atomic E-state index is 0.142. The summed E-state index contributed by atoms with van der Waals surface area (Å²) in [7, 11) is 0. The summed E-state index contributed by atoms with van der Waals surface area (Å²) >= 11 is 0. The first-order valence-electron chi connectivity index (χ1n) is 6.40. The van der Waals surface area contributed by atoms with Crippen molar-refractivity contribution in [3.8, 4) is 0 Å². The van der Waals surface area contributed by atoms with Gasteiger partial charge in [0.1, 0.15) is 5.56 Å². The largest absolute Gasteiger partial charge is 0.452 e. The fraction of sp³-hybridized carbons (Fsp3) is 0.0769. The van der Waals surface area contributed by atoms with Gasteiger partial charge in [0.25, 0.3) is 17.2 Å². The zero-order valence-corrected chi connectivity index (χ0v) is 11.9. The maximum Gasteiger partial charge on any atom is 0.345 e. The van der Waals surface area contributed by atoms with Crippen molar-refractivity contribution in [2.24, 2.45) is 0 Å². The molecule has 0 saturated carbocycles. The molecule has 0 fully saturated rings. The van der Waals surface area contributed by atoms with Crippen molar-refractivity contribution in [1.82, 2.24) is 9.97 Å². The van der Waals surface area contributed by atoms with Crippen molar-refractivity contribution < 1.29 is 19.2 Å². The van der Waals surface area contributed by atoms with Gasteiger partial charge in [-0.2, -0.15) is 0 Å². The standard InChI is InChI=1S/C13H10N4O7/c18-10(15-7-1-3-8(4-2-7)17(22)23)6-24-12(20)9-5-14-13(21)16-11(9)19/h1-5H,6H2,(H,15,18)(H2,14,16,19,21). The van der Waals surface area contributed by atoms with Crippen molar-refractivity contribution in [2.45, 2.75) is 0 Å². The van der Waals surface area contributed by atoms with E-state index in [-0.39, 0.29) is 11.4 Å². The molecule has 2 aromatic rings. The van der Waals surface area contributed by atoms with Crippen LogP contribution in [0.4, 0.5) is 11.4 Å². The summed E-state index contributed by atoms with van der Waals surface area (Å²) in [4.78, 5) is 59.3. The zero-order valence-electron chi connectivity index (χ0n) is 11.9. The van der Waals surface area contributed by atoms with Crippen LogP contribution in [0.2, 0.25) is 0 Å². The molecule has 1 aromatic heterocycles. The van der Waals surface area contributed by atoms with Crippen molar-refractivity contribution >= 4 is 23.3 Å². The van der Waals surface area contributed by atoms with E-state index >= 15 is 0 Å². The Morgan fingerprint density at radius 2 is 1.88 bits per heavy atom. The smallest absolute Gasteiger partial charge is 0.345 e. The van der Waals surface area contributed by atoms with E-state index in [2.05, 4.69) is 15.0 Å². The number of esters is 1. The first kappa shape index (κ1) is 16.6. The van der Waals surface area contributed by atoms with Gasteiger partial charge in [-0.15, -0.1) is 0 Å². The number of rotatable bonds is 5. The molecule has 2 rings (SSSR count). The van der Waals surface area contributed by atoms with Crippen LogP contribution < -0.4 is 16.6 Å². The summed E-state index contributed by atoms with van der Waals surface area (Å²) in [5.41, 5.74) is -2.06. The number of H-pyrrole nitrogens is 2. The van der Waals surface area contributed by atoms with Crippen LogP contribution in [0.3, 0.4) is 0 Å². The Kier molecular flexibility index (Phi) is 4.84. The lowest BCUT2D eigenvalue weighted by atomic mass is 10.3. The summed E-state index contributed by atoms with van der Waals surface area (Å²) in [6.07, 6.45) is 0.873. The molecule has 0 radical (unpaired) electrons. The highest BCUT2D eigenvalue weighted by molar-refractivity contribution is 5.95. The van der Waals surface area contributed by atoms with E-state index in [1.807, 2.05) is 4.98 Å². The number of aromatic amines is 2. The van der Waals surface area contributed by atoms with Gasteiger partial charge in [-0.3, -0.25) is 24.7 Å². The van der Waals surface area contributed by atoms with E-state index < -0.39 is 40.2 Å². The van der Waals surface area contributed by atoms with Gasteiger partial charge in [-0.05, 0) is 12.1 Å². The van der Waals surface area contributed by atoms with E-state index in [9.17, 15) is 29.3 Å². The van der Waals surface area contributed by atoms with Crippen LogP contribution in [0.15, 0.2) is 40.1 Å². The molecule has 0 aliphatic heterocycles. The second-order valence-electron chi connectivity index (χ2n) is 4.41. The Bertz CT molecular complexity index is 898. The first-order valence-corrected chi connectivity index (χ1v) is 6.40. The molecule has 124 valence electrons. The van der Waals surface area contributed by atoms with E-state index in [4.69, 9.17) is 0 Å². The lowest BCUT2D eigenvalue weighted by Gasteiger charge is -2.06. The molecule has 0 atom stereocenters. The molecule has 1 aromatic carbocycles. The SMILES string of the molecule is O=C(COC(=O)c1c[nH]c(=O)[nH]c1=O)Nc1ccc([N+](=O)[O-])cc1. The average Bonchev–Trinajstić information content (AvgIpc) is 2.53. The van der Waals surface area contributed by atoms with Crippen LogP contribution in [0.1, 0.15) is 10.4 Å². The number of carbonyl (C=O) groups is 2. The maximum atomic E-state index is 11.6. The summed E-state index contributed by atoms with van der Waals surface area (Å²) in [5, 5.41) is 12.9. The Hall–Kier alpha value is -3.76. The number of ether oxygens (including phenoxy) is 1. The molecular formula is C13H10N4O7. The number of hydrogen-bond acceptors (Lipinski definition) is 7. The van der Waals surface area contributed by atoms with E-state index in [1.54, 1.807) is 0 Å². The Morgan fingerprint density at radius 3 is 2.46 bits per heavy atom. The number of non-ortho nitro benzene ring substituents is 1. The summed E-state index contributed by atoms with van der Waals surface area (Å²) in [6, 6.07) is 5.01. The molecule has 0 bridgehead atoms. The molecule has 3 N–H and O–H groups in total. The Morgan fingerprint density at radius 1 is 1.21 bits per heavy atom. The van der Waals surface area contributed by atoms with Gasteiger partial charge in [0, 0.05) is 24.0 Å². The number of aromatic nitrogens is 2. The molecule has 11 heteroatoms. The van der Waals surface area contributed by atoms with E-state index in [0.29, 0.717) is 0 Å². The van der Waals surface area contributed by atoms with E-state index in [0.717, 1.165) is 6.20 Å². The van der Waals surface area contributed by atoms with Gasteiger partial charge in [0.05, 0.1) is 4.92 Å². The Balaban J connectivity index is 1.93. The average molecular weight is 334 g/mol. The third-order valence-corrected chi connectivity index (χ3v) is 2.74. The number of nitrogens with zero attached hydrogens (tertiary/aromatic N) is 1. The number of hydrogen-bond donors (Lipinski definition) is 3. The second kappa shape index (κ2) is 7.00. The monoisotopic (exact) mass is 334 g/mol. The van der Waals surface area contributed by atoms with Crippen molar-refractivity contribution in [3.63, 3.8) is 0 Å². The summed E-state index contributed by atoms with van der Waals surface area (Å²) in [5.74, 6) is -1.80. The van der Waals surface area contributed by atoms with Gasteiger partial charge >= 0.3 is 11.7 Å². The molecule has 0 aliphatic rings. The quantitative estimate of drug-likeness (QED) is 0.386. The molecule has 0 unspecified atom stereocenters. The molecule has 1 amide bonds. The van der Waals surface area contributed by atoms with Crippen molar-refractivity contribution in [2.75, 3.05) is 11.9 Å². The highest BCUT2D eigenvalue weighted by Gasteiger charge is 2.14. The van der Waals surface area contributed by atoms with Gasteiger partial charge in [-0.25, -0.2) is 9.59 Å². The maximum absolute atomic E-state index is 11.6. The first-order chi connectivity index (χ1) is 11.4. The van der Waals surface area contributed by atoms with Gasteiger partial charge < -0.3 is 15.0 Å². The summed E-state index contributed by atoms with van der Waals surface area (Å²) < 4.78 is 4.64. The van der Waals surface area contributed by atoms with E-state index in [1.165, 1.54) is 24.3 Å². The fourth-order valence-electron chi connectivity index (χ4n) is 1.63. The molecule has 0 aliphatic carbocycles. The number of carbonyl (C=O) groups excluding carboxylic acids is 2. The number of nitrogens with one attached hydrogen (secondary N) is 3. The molecule has 0 saturated heterocycles. The predicted octanol–water partition coefficient (Wildman–Crippen LogP) is -0.233. The third kappa shape index (κ3) is 4.13. The van der Waals surface area contributed by atoms with Crippen LogP contribution in [0.25, 0.3) is 0 Å². The van der Waals surface area contributed by atoms with Crippen LogP contribution in [-0.2, 0) is 9.53 Å². The van der Waals surface area contributed by atoms with Gasteiger partial charge in [0.15, 0.2) is 6.61 Å². The number of nitro benzene ring substituents is 1. The second-order valence-corrected chi connectivity index (χ2v) is 4.41. The molecule has 0 spiro atoms. The van der Waals surface area contributed by atoms with Crippen LogP contribution in [0, 0.1) is 10.1 Å². The number of amides is 1. The minimum atomic E-state index is -1.09. The zero-order chi connectivity index (χ0) is 17.7. The molecule has 1 heterocycles. The lowest BCUT2D eigenvalue weighted by molar-refractivity contribution is -0.384. The number of nitro groups is 1. The molecule has 24 heavy (non-hydrogen) atoms. The number of anilines is 1. The summed E-state index contributed by atoms with van der Waals surface area (Å²) in [6.45, 7) is -0.686. The highest BCUT2D eigenvalue weighted by Crippen LogP contribution is 2.15. The molecular weight excluding hydrogens is 324 g/mol. The number of benzene rings is 1. The highest BCUT2D eigenvalue weighted by atomic mass is 16.6.